The molecule has 5 nitrogen and oxygen atoms in total. The number of imidazole rings is 1. The summed E-state index contributed by atoms with van der Waals surface area (Å²) in [4.78, 5) is 18.7. The van der Waals surface area contributed by atoms with Gasteiger partial charge in [-0.1, -0.05) is 0 Å². The Morgan fingerprint density at radius 3 is 2.28 bits per heavy atom. The summed E-state index contributed by atoms with van der Waals surface area (Å²) < 4.78 is 1.91. The molecule has 0 aliphatic heterocycles. The molecule has 0 atom stereocenters. The van der Waals surface area contributed by atoms with Gasteiger partial charge in [0.1, 0.15) is 0 Å². The number of nitrogens with one attached hydrogen (secondary N) is 1. The highest BCUT2D eigenvalue weighted by atomic mass is 16.1. The van der Waals surface area contributed by atoms with Gasteiger partial charge in [0, 0.05) is 48.1 Å². The Morgan fingerprint density at radius 1 is 1.04 bits per heavy atom. The zero-order valence-corrected chi connectivity index (χ0v) is 14.5. The third-order valence-electron chi connectivity index (χ3n) is 4.19. The third-order valence-corrected chi connectivity index (χ3v) is 4.19. The molecule has 0 saturated heterocycles. The van der Waals surface area contributed by atoms with Crippen LogP contribution in [0.15, 0.2) is 67.3 Å². The van der Waals surface area contributed by atoms with Gasteiger partial charge >= 0.3 is 0 Å². The Kier molecular flexibility index (Phi) is 5.14. The van der Waals surface area contributed by atoms with E-state index in [4.69, 9.17) is 0 Å². The van der Waals surface area contributed by atoms with Crippen LogP contribution in [0.25, 0.3) is 5.69 Å². The first kappa shape index (κ1) is 16.8. The van der Waals surface area contributed by atoms with Gasteiger partial charge in [0.25, 0.3) is 5.91 Å². The lowest BCUT2D eigenvalue weighted by molar-refractivity contribution is 0.102. The van der Waals surface area contributed by atoms with Crippen molar-refractivity contribution in [3.05, 3.63) is 72.8 Å². The number of hydrogen-bond acceptors (Lipinski definition) is 3. The average Bonchev–Trinajstić information content (AvgIpc) is 3.18. The molecule has 3 aromatic rings. The van der Waals surface area contributed by atoms with E-state index in [1.54, 1.807) is 12.5 Å². The molecule has 1 amide bonds. The van der Waals surface area contributed by atoms with Crippen molar-refractivity contribution in [1.29, 1.82) is 0 Å². The van der Waals surface area contributed by atoms with Gasteiger partial charge in [0.2, 0.25) is 0 Å². The van der Waals surface area contributed by atoms with Crippen LogP contribution in [0.2, 0.25) is 0 Å². The Hall–Kier alpha value is -3.08. The van der Waals surface area contributed by atoms with Crippen LogP contribution in [0.4, 0.5) is 11.4 Å². The second-order valence-electron chi connectivity index (χ2n) is 5.69. The first-order valence-corrected chi connectivity index (χ1v) is 8.46. The molecular formula is C20H22N4O. The van der Waals surface area contributed by atoms with E-state index in [2.05, 4.69) is 29.0 Å². The number of rotatable bonds is 6. The molecule has 3 rings (SSSR count). The highest BCUT2D eigenvalue weighted by Crippen LogP contribution is 2.17. The normalized spacial score (nSPS) is 10.5. The van der Waals surface area contributed by atoms with E-state index in [0.717, 1.165) is 30.2 Å². The fourth-order valence-electron chi connectivity index (χ4n) is 2.74. The van der Waals surface area contributed by atoms with E-state index in [-0.39, 0.29) is 5.91 Å². The van der Waals surface area contributed by atoms with Crippen molar-refractivity contribution in [2.75, 3.05) is 23.3 Å². The molecule has 0 saturated carbocycles. The van der Waals surface area contributed by atoms with E-state index in [1.165, 1.54) is 0 Å². The van der Waals surface area contributed by atoms with Crippen LogP contribution in [-0.2, 0) is 0 Å². The molecule has 0 radical (unpaired) electrons. The Bertz CT molecular complexity index is 804. The molecule has 1 heterocycles. The van der Waals surface area contributed by atoms with Crippen LogP contribution in [0.5, 0.6) is 0 Å². The van der Waals surface area contributed by atoms with Crippen molar-refractivity contribution in [2.45, 2.75) is 13.8 Å². The van der Waals surface area contributed by atoms with Crippen molar-refractivity contribution in [3.8, 4) is 5.69 Å². The molecule has 0 spiro atoms. The van der Waals surface area contributed by atoms with E-state index < -0.39 is 0 Å². The minimum Gasteiger partial charge on any atom is -0.372 e. The van der Waals surface area contributed by atoms with Gasteiger partial charge in [-0.3, -0.25) is 4.79 Å². The van der Waals surface area contributed by atoms with E-state index >= 15 is 0 Å². The maximum atomic E-state index is 12.4. The Balaban J connectivity index is 1.67. The molecule has 0 fully saturated rings. The predicted octanol–water partition coefficient (Wildman–Crippen LogP) is 3.97. The van der Waals surface area contributed by atoms with Crippen molar-refractivity contribution in [3.63, 3.8) is 0 Å². The summed E-state index contributed by atoms with van der Waals surface area (Å²) in [6.45, 7) is 6.14. The standard InChI is InChI=1S/C20H22N4O/c1-3-23(4-2)18-9-5-16(6-10-18)20(25)22-17-7-11-19(12-8-17)24-14-13-21-15-24/h5-15H,3-4H2,1-2H3,(H,22,25). The van der Waals surface area contributed by atoms with Crippen molar-refractivity contribution in [2.24, 2.45) is 0 Å². The summed E-state index contributed by atoms with van der Waals surface area (Å²) in [6.07, 6.45) is 5.35. The zero-order chi connectivity index (χ0) is 17.6. The van der Waals surface area contributed by atoms with Crippen LogP contribution in [0.3, 0.4) is 0 Å². The lowest BCUT2D eigenvalue weighted by Gasteiger charge is -2.21. The van der Waals surface area contributed by atoms with Crippen molar-refractivity contribution in [1.82, 2.24) is 9.55 Å². The second kappa shape index (κ2) is 7.66. The second-order valence-corrected chi connectivity index (χ2v) is 5.69. The number of carbonyl (C=O) groups excluding carboxylic acids is 1. The third kappa shape index (κ3) is 3.88. The Labute approximate surface area is 147 Å². The fraction of sp³-hybridized carbons (Fsp3) is 0.200. The highest BCUT2D eigenvalue weighted by Gasteiger charge is 2.08. The highest BCUT2D eigenvalue weighted by molar-refractivity contribution is 6.04. The van der Waals surface area contributed by atoms with E-state index in [9.17, 15) is 4.79 Å². The maximum Gasteiger partial charge on any atom is 0.255 e. The lowest BCUT2D eigenvalue weighted by atomic mass is 10.1. The largest absolute Gasteiger partial charge is 0.372 e. The fourth-order valence-corrected chi connectivity index (χ4v) is 2.74. The minimum absolute atomic E-state index is 0.110. The van der Waals surface area contributed by atoms with Gasteiger partial charge in [-0.25, -0.2) is 4.98 Å². The van der Waals surface area contributed by atoms with Gasteiger partial charge in [-0.05, 0) is 62.4 Å². The molecule has 128 valence electrons. The van der Waals surface area contributed by atoms with Gasteiger partial charge < -0.3 is 14.8 Å². The summed E-state index contributed by atoms with van der Waals surface area (Å²) in [5, 5.41) is 2.93. The molecule has 5 heteroatoms. The first-order valence-electron chi connectivity index (χ1n) is 8.46. The molecule has 0 aliphatic rings. The van der Waals surface area contributed by atoms with Gasteiger partial charge in [0.15, 0.2) is 0 Å². The monoisotopic (exact) mass is 334 g/mol. The number of benzene rings is 2. The van der Waals surface area contributed by atoms with Crippen LogP contribution in [0.1, 0.15) is 24.2 Å². The number of carbonyl (C=O) groups is 1. The number of aromatic nitrogens is 2. The van der Waals surface area contributed by atoms with Gasteiger partial charge in [-0.2, -0.15) is 0 Å². The van der Waals surface area contributed by atoms with Gasteiger partial charge in [0.05, 0.1) is 6.33 Å². The molecule has 1 N–H and O–H groups in total. The SMILES string of the molecule is CCN(CC)c1ccc(C(=O)Nc2ccc(-n3ccnc3)cc2)cc1. The smallest absolute Gasteiger partial charge is 0.255 e. The van der Waals surface area contributed by atoms with Crippen LogP contribution in [-0.4, -0.2) is 28.5 Å². The number of nitrogens with zero attached hydrogens (tertiary/aromatic N) is 3. The summed E-state index contributed by atoms with van der Waals surface area (Å²) >= 11 is 0. The molecule has 0 bridgehead atoms. The first-order chi connectivity index (χ1) is 12.2. The number of hydrogen-bond donors (Lipinski definition) is 1. The molecule has 2 aromatic carbocycles. The van der Waals surface area contributed by atoms with Gasteiger partial charge in [-0.15, -0.1) is 0 Å². The molecule has 1 aromatic heterocycles. The summed E-state index contributed by atoms with van der Waals surface area (Å²) in [5.41, 5.74) is 3.54. The zero-order valence-electron chi connectivity index (χ0n) is 14.5. The van der Waals surface area contributed by atoms with Crippen molar-refractivity contribution >= 4 is 17.3 Å². The topological polar surface area (TPSA) is 50.2 Å². The van der Waals surface area contributed by atoms with Crippen molar-refractivity contribution < 1.29 is 4.79 Å². The minimum atomic E-state index is -0.110. The summed E-state index contributed by atoms with van der Waals surface area (Å²) in [6, 6.07) is 15.4. The molecule has 0 aliphatic carbocycles. The predicted molar refractivity (Wildman–Crippen MR) is 102 cm³/mol. The van der Waals surface area contributed by atoms with E-state index in [1.807, 2.05) is 59.3 Å². The van der Waals surface area contributed by atoms with E-state index in [0.29, 0.717) is 5.56 Å². The van der Waals surface area contributed by atoms with Crippen LogP contribution < -0.4 is 10.2 Å². The summed E-state index contributed by atoms with van der Waals surface area (Å²) in [5.74, 6) is -0.110. The Morgan fingerprint density at radius 2 is 1.72 bits per heavy atom. The molecular weight excluding hydrogens is 312 g/mol. The summed E-state index contributed by atoms with van der Waals surface area (Å²) in [7, 11) is 0. The average molecular weight is 334 g/mol. The quantitative estimate of drug-likeness (QED) is 0.742. The van der Waals surface area contributed by atoms with Crippen LogP contribution in [0, 0.1) is 0 Å². The number of anilines is 2. The lowest BCUT2D eigenvalue weighted by Crippen LogP contribution is -2.21. The molecule has 25 heavy (non-hydrogen) atoms. The number of amides is 1. The maximum absolute atomic E-state index is 12.4. The van der Waals surface area contributed by atoms with Crippen LogP contribution >= 0.6 is 0 Å². The molecule has 0 unspecified atom stereocenters.